The van der Waals surface area contributed by atoms with Crippen LogP contribution in [0.5, 0.6) is 0 Å². The molecule has 5 saturated carbocycles. The maximum absolute atomic E-state index is 12.8. The van der Waals surface area contributed by atoms with E-state index in [0.717, 1.165) is 45.1 Å². The predicted octanol–water partition coefficient (Wildman–Crippen LogP) is 5.77. The van der Waals surface area contributed by atoms with Gasteiger partial charge in [-0.2, -0.15) is 13.2 Å². The third-order valence-corrected chi connectivity index (χ3v) is 14.6. The Morgan fingerprint density at radius 3 is 2.41 bits per heavy atom. The molecule has 232 valence electrons. The lowest BCUT2D eigenvalue weighted by atomic mass is 9.41. The van der Waals surface area contributed by atoms with Gasteiger partial charge in [-0.1, -0.05) is 34.6 Å². The minimum Gasteiger partial charge on any atom is -0.446 e. The Balaban J connectivity index is 1.05. The fraction of sp³-hybridized carbons (Fsp3) is 0.969. The van der Waals surface area contributed by atoms with Crippen LogP contribution in [0.1, 0.15) is 86.0 Å². The lowest BCUT2D eigenvalue weighted by molar-refractivity contribution is -0.182. The Labute approximate surface area is 242 Å². The van der Waals surface area contributed by atoms with Crippen molar-refractivity contribution in [1.82, 2.24) is 10.2 Å². The average Bonchev–Trinajstić information content (AvgIpc) is 3.49. The van der Waals surface area contributed by atoms with Gasteiger partial charge in [-0.15, -0.1) is 0 Å². The Kier molecular flexibility index (Phi) is 6.14. The number of carbonyl (C=O) groups is 1. The first-order chi connectivity index (χ1) is 19.1. The first-order valence-corrected chi connectivity index (χ1v) is 16.1. The fourth-order valence-electron chi connectivity index (χ4n) is 12.7. The van der Waals surface area contributed by atoms with Gasteiger partial charge in [0.15, 0.2) is 0 Å². The standard InChI is InChI=1S/C32H49F3N2O4/c1-18-9-13-40-24-23(18)28(4)11-12-31-16-30(31)10-8-22(41-26(39)36-19-14-37(15-19)17-32(33,34)35)27(2,3)20(30)6-7-21(31)29(28,5)25(24)38/h18-25,38H,6-17H2,1-5H3,(H,36,39)/t18-,20+,21?,22?,23+,24?,25+,28?,29?,30?,31?/m1/s1. The van der Waals surface area contributed by atoms with Gasteiger partial charge < -0.3 is 19.9 Å². The fourth-order valence-corrected chi connectivity index (χ4v) is 12.7. The van der Waals surface area contributed by atoms with Gasteiger partial charge >= 0.3 is 12.3 Å². The molecule has 0 aromatic heterocycles. The first-order valence-electron chi connectivity index (χ1n) is 16.1. The van der Waals surface area contributed by atoms with Gasteiger partial charge in [0.25, 0.3) is 0 Å². The van der Waals surface area contributed by atoms with Crippen LogP contribution in [0.4, 0.5) is 18.0 Å². The Morgan fingerprint density at radius 1 is 1.02 bits per heavy atom. The number of nitrogens with one attached hydrogen (secondary N) is 1. The number of ether oxygens (including phenoxy) is 2. The van der Waals surface area contributed by atoms with Gasteiger partial charge in [0.2, 0.25) is 0 Å². The van der Waals surface area contributed by atoms with Crippen LogP contribution in [0.15, 0.2) is 0 Å². The maximum atomic E-state index is 12.8. The zero-order valence-corrected chi connectivity index (χ0v) is 25.4. The van der Waals surface area contributed by atoms with Crippen LogP contribution in [0.3, 0.4) is 0 Å². The van der Waals surface area contributed by atoms with E-state index in [4.69, 9.17) is 9.47 Å². The average molecular weight is 583 g/mol. The molecule has 0 aromatic rings. The number of nitrogens with zero attached hydrogens (tertiary/aromatic N) is 1. The van der Waals surface area contributed by atoms with Crippen LogP contribution in [-0.4, -0.2) is 72.9 Å². The summed E-state index contributed by atoms with van der Waals surface area (Å²) in [6.45, 7) is 12.0. The second-order valence-electron chi connectivity index (χ2n) is 16.3. The highest BCUT2D eigenvalue weighted by Crippen LogP contribution is 2.89. The second kappa shape index (κ2) is 8.77. The van der Waals surface area contributed by atoms with Crippen LogP contribution < -0.4 is 5.32 Å². The summed E-state index contributed by atoms with van der Waals surface area (Å²) in [4.78, 5) is 14.1. The number of hydrogen-bond acceptors (Lipinski definition) is 5. The zero-order valence-electron chi connectivity index (χ0n) is 25.4. The lowest BCUT2D eigenvalue weighted by Crippen LogP contribution is -2.62. The van der Waals surface area contributed by atoms with Crippen molar-refractivity contribution in [2.75, 3.05) is 26.2 Å². The molecule has 2 spiro atoms. The predicted molar refractivity (Wildman–Crippen MR) is 147 cm³/mol. The van der Waals surface area contributed by atoms with E-state index in [9.17, 15) is 23.1 Å². The van der Waals surface area contributed by atoms with Crippen molar-refractivity contribution in [3.8, 4) is 0 Å². The number of fused-ring (bicyclic) bond motifs is 4. The number of carbonyl (C=O) groups excluding carboxylic acids is 1. The number of hydrogen-bond donors (Lipinski definition) is 2. The van der Waals surface area contributed by atoms with Gasteiger partial charge in [-0.25, -0.2) is 4.79 Å². The van der Waals surface area contributed by atoms with E-state index in [0.29, 0.717) is 23.7 Å². The number of aliphatic hydroxyl groups excluding tert-OH is 1. The number of halogens is 3. The molecular formula is C32H49F3N2O4. The van der Waals surface area contributed by atoms with Gasteiger partial charge in [0.05, 0.1) is 24.8 Å². The highest BCUT2D eigenvalue weighted by molar-refractivity contribution is 5.68. The van der Waals surface area contributed by atoms with Crippen LogP contribution in [-0.2, 0) is 9.47 Å². The van der Waals surface area contributed by atoms with Gasteiger partial charge in [0, 0.05) is 30.5 Å². The molecule has 2 N–H and O–H groups in total. The lowest BCUT2D eigenvalue weighted by Gasteiger charge is -2.63. The first kappa shape index (κ1) is 28.7. The van der Waals surface area contributed by atoms with E-state index in [2.05, 4.69) is 39.9 Å². The summed E-state index contributed by atoms with van der Waals surface area (Å²) in [5.41, 5.74) is 0.225. The summed E-state index contributed by atoms with van der Waals surface area (Å²) in [6.07, 6.45) is 3.31. The summed E-state index contributed by atoms with van der Waals surface area (Å²) in [7, 11) is 0. The van der Waals surface area contributed by atoms with Gasteiger partial charge in [0.1, 0.15) is 6.10 Å². The molecule has 6 nitrogen and oxygen atoms in total. The number of rotatable bonds is 3. The van der Waals surface area contributed by atoms with Crippen molar-refractivity contribution in [3.05, 3.63) is 0 Å². The molecule has 2 aliphatic heterocycles. The van der Waals surface area contributed by atoms with E-state index in [1.165, 1.54) is 17.7 Å². The van der Waals surface area contributed by atoms with E-state index in [1.54, 1.807) is 0 Å². The van der Waals surface area contributed by atoms with E-state index >= 15 is 0 Å². The van der Waals surface area contributed by atoms with Crippen molar-refractivity contribution < 1.29 is 32.5 Å². The molecule has 0 radical (unpaired) electrons. The Bertz CT molecular complexity index is 1100. The normalized spacial score (nSPS) is 52.2. The highest BCUT2D eigenvalue weighted by Gasteiger charge is 2.84. The molecule has 0 bridgehead atoms. The third-order valence-electron chi connectivity index (χ3n) is 14.6. The molecule has 9 heteroatoms. The van der Waals surface area contributed by atoms with Gasteiger partial charge in [-0.05, 0) is 91.3 Å². The van der Waals surface area contributed by atoms with Crippen LogP contribution in [0.25, 0.3) is 0 Å². The van der Waals surface area contributed by atoms with Crippen molar-refractivity contribution >= 4 is 6.09 Å². The van der Waals surface area contributed by atoms with Crippen LogP contribution in [0, 0.1) is 50.7 Å². The molecule has 7 fully saturated rings. The number of alkyl halides is 3. The molecule has 41 heavy (non-hydrogen) atoms. The van der Waals surface area contributed by atoms with E-state index in [1.807, 2.05) is 0 Å². The molecule has 7 aliphatic rings. The van der Waals surface area contributed by atoms with Crippen LogP contribution >= 0.6 is 0 Å². The number of alkyl carbamates (subject to hydrolysis) is 1. The Hall–Kier alpha value is -1.06. The molecule has 0 aromatic carbocycles. The zero-order chi connectivity index (χ0) is 29.4. The quantitative estimate of drug-likeness (QED) is 0.442. The summed E-state index contributed by atoms with van der Waals surface area (Å²) in [5, 5.41) is 14.8. The highest BCUT2D eigenvalue weighted by atomic mass is 19.4. The molecule has 1 amide bonds. The number of aliphatic hydroxyl groups is 1. The SMILES string of the molecule is C[C@@H]1CCOC2[C@H]1C1(C)CCC34CC35CCC(OC(=O)NC3CN(CC(F)(F)F)C3)C(C)(C)[C@@H]5CCC4C1(C)[C@H]2O. The monoisotopic (exact) mass is 582 g/mol. The minimum atomic E-state index is -4.22. The maximum Gasteiger partial charge on any atom is 0.407 e. The topological polar surface area (TPSA) is 71.0 Å². The molecule has 7 rings (SSSR count). The number of likely N-dealkylation sites (tertiary alicyclic amines) is 1. The van der Waals surface area contributed by atoms with Crippen molar-refractivity contribution in [1.29, 1.82) is 0 Å². The molecule has 7 unspecified atom stereocenters. The second-order valence-corrected chi connectivity index (χ2v) is 16.3. The van der Waals surface area contributed by atoms with Crippen molar-refractivity contribution in [3.63, 3.8) is 0 Å². The third kappa shape index (κ3) is 3.69. The minimum absolute atomic E-state index is 0.0494. The molecular weight excluding hydrogens is 533 g/mol. The summed E-state index contributed by atoms with van der Waals surface area (Å²) in [5.74, 6) is 1.92. The molecule has 2 heterocycles. The smallest absolute Gasteiger partial charge is 0.407 e. The van der Waals surface area contributed by atoms with E-state index in [-0.39, 0.29) is 58.4 Å². The van der Waals surface area contributed by atoms with Crippen molar-refractivity contribution in [2.24, 2.45) is 50.7 Å². The van der Waals surface area contributed by atoms with Crippen molar-refractivity contribution in [2.45, 2.75) is 117 Å². The van der Waals surface area contributed by atoms with Crippen LogP contribution in [0.2, 0.25) is 0 Å². The van der Waals surface area contributed by atoms with E-state index < -0.39 is 24.9 Å². The summed E-state index contributed by atoms with van der Waals surface area (Å²) in [6, 6.07) is -0.296. The summed E-state index contributed by atoms with van der Waals surface area (Å²) >= 11 is 0. The Morgan fingerprint density at radius 2 is 1.71 bits per heavy atom. The molecule has 5 aliphatic carbocycles. The largest absolute Gasteiger partial charge is 0.446 e. The molecule has 2 saturated heterocycles. The molecule has 11 atom stereocenters. The number of amides is 1. The van der Waals surface area contributed by atoms with Gasteiger partial charge in [-0.3, -0.25) is 4.90 Å². The summed E-state index contributed by atoms with van der Waals surface area (Å²) < 4.78 is 50.2.